The van der Waals surface area contributed by atoms with Crippen LogP contribution in [0, 0.1) is 11.3 Å². The van der Waals surface area contributed by atoms with E-state index in [9.17, 15) is 0 Å². The molecule has 2 aromatic rings. The molecule has 0 aromatic carbocycles. The molecule has 2 aromatic heterocycles. The summed E-state index contributed by atoms with van der Waals surface area (Å²) in [5, 5.41) is 19.5. The van der Waals surface area contributed by atoms with Crippen LogP contribution in [0.15, 0.2) is 24.5 Å². The number of hydrogen-bond donors (Lipinski definition) is 1. The van der Waals surface area contributed by atoms with Crippen LogP contribution in [0.5, 0.6) is 0 Å². The molecule has 16 heavy (non-hydrogen) atoms. The summed E-state index contributed by atoms with van der Waals surface area (Å²) < 4.78 is 1.82. The Morgan fingerprint density at radius 2 is 2.38 bits per heavy atom. The highest BCUT2D eigenvalue weighted by atomic mass is 15.3. The van der Waals surface area contributed by atoms with Crippen molar-refractivity contribution in [2.75, 3.05) is 5.32 Å². The predicted octanol–water partition coefficient (Wildman–Crippen LogP) is 0.694. The molecular weight excluding hydrogens is 204 g/mol. The van der Waals surface area contributed by atoms with Crippen LogP contribution in [0.4, 0.5) is 5.82 Å². The number of nitrogens with one attached hydrogen (secondary N) is 1. The van der Waals surface area contributed by atoms with Crippen LogP contribution in [0.25, 0.3) is 0 Å². The topological polar surface area (TPSA) is 79.4 Å². The van der Waals surface area contributed by atoms with Crippen molar-refractivity contribution in [2.45, 2.75) is 6.54 Å². The van der Waals surface area contributed by atoms with Gasteiger partial charge in [0.05, 0.1) is 6.54 Å². The normalized spacial score (nSPS) is 9.75. The molecular formula is C10H10N6. The maximum Gasteiger partial charge on any atom is 0.151 e. The van der Waals surface area contributed by atoms with Crippen molar-refractivity contribution >= 4 is 5.82 Å². The summed E-state index contributed by atoms with van der Waals surface area (Å²) in [6.45, 7) is 0.526. The third-order valence-electron chi connectivity index (χ3n) is 2.10. The summed E-state index contributed by atoms with van der Waals surface area (Å²) in [6.07, 6.45) is 1.64. The summed E-state index contributed by atoms with van der Waals surface area (Å²) in [4.78, 5) is 4.09. The Labute approximate surface area is 92.6 Å². The van der Waals surface area contributed by atoms with Gasteiger partial charge in [-0.25, -0.2) is 4.98 Å². The molecule has 2 heterocycles. The Kier molecular flexibility index (Phi) is 2.78. The first kappa shape index (κ1) is 10.1. The fourth-order valence-electron chi connectivity index (χ4n) is 1.23. The number of nitriles is 1. The molecule has 0 spiro atoms. The maximum atomic E-state index is 8.69. The summed E-state index contributed by atoms with van der Waals surface area (Å²) in [6, 6.07) is 7.23. The molecule has 0 aliphatic heterocycles. The van der Waals surface area contributed by atoms with Crippen molar-refractivity contribution in [2.24, 2.45) is 7.05 Å². The van der Waals surface area contributed by atoms with E-state index in [-0.39, 0.29) is 0 Å². The lowest BCUT2D eigenvalue weighted by molar-refractivity contribution is 0.810. The highest BCUT2D eigenvalue weighted by Gasteiger charge is 2.01. The number of aryl methyl sites for hydroxylation is 1. The van der Waals surface area contributed by atoms with E-state index in [0.29, 0.717) is 18.1 Å². The minimum atomic E-state index is 0.392. The number of anilines is 1. The first-order valence-corrected chi connectivity index (χ1v) is 4.73. The standard InChI is InChI=1S/C10H10N6/c1-16-7-13-15-10(16)6-12-9-4-2-3-8(5-11)14-9/h2-4,7H,6H2,1H3,(H,12,14). The zero-order chi connectivity index (χ0) is 11.4. The highest BCUT2D eigenvalue weighted by molar-refractivity contribution is 5.38. The van der Waals surface area contributed by atoms with Gasteiger partial charge in [0, 0.05) is 7.05 Å². The number of nitrogens with zero attached hydrogens (tertiary/aromatic N) is 5. The molecule has 6 nitrogen and oxygen atoms in total. The van der Waals surface area contributed by atoms with Crippen LogP contribution in [0.2, 0.25) is 0 Å². The van der Waals surface area contributed by atoms with Gasteiger partial charge in [-0.2, -0.15) is 5.26 Å². The highest BCUT2D eigenvalue weighted by Crippen LogP contribution is 2.05. The largest absolute Gasteiger partial charge is 0.363 e. The quantitative estimate of drug-likeness (QED) is 0.813. The second-order valence-corrected chi connectivity index (χ2v) is 3.23. The second kappa shape index (κ2) is 4.40. The Morgan fingerprint density at radius 1 is 1.50 bits per heavy atom. The average molecular weight is 214 g/mol. The first-order chi connectivity index (χ1) is 7.79. The molecule has 0 saturated carbocycles. The van der Waals surface area contributed by atoms with Gasteiger partial charge in [-0.15, -0.1) is 10.2 Å². The Hall–Kier alpha value is -2.42. The van der Waals surface area contributed by atoms with Crippen LogP contribution >= 0.6 is 0 Å². The van der Waals surface area contributed by atoms with Gasteiger partial charge in [-0.3, -0.25) is 0 Å². The molecule has 0 atom stereocenters. The van der Waals surface area contributed by atoms with Crippen molar-refractivity contribution in [1.29, 1.82) is 5.26 Å². The van der Waals surface area contributed by atoms with Gasteiger partial charge < -0.3 is 9.88 Å². The molecule has 0 saturated heterocycles. The summed E-state index contributed by atoms with van der Waals surface area (Å²) in [5.41, 5.74) is 0.392. The van der Waals surface area contributed by atoms with Crippen molar-refractivity contribution in [1.82, 2.24) is 19.7 Å². The Balaban J connectivity index is 2.05. The number of hydrogen-bond acceptors (Lipinski definition) is 5. The molecule has 6 heteroatoms. The van der Waals surface area contributed by atoms with Gasteiger partial charge in [-0.05, 0) is 12.1 Å². The molecule has 0 fully saturated rings. The van der Waals surface area contributed by atoms with Crippen molar-refractivity contribution < 1.29 is 0 Å². The smallest absolute Gasteiger partial charge is 0.151 e. The van der Waals surface area contributed by atoms with Gasteiger partial charge in [-0.1, -0.05) is 6.07 Å². The summed E-state index contributed by atoms with van der Waals surface area (Å²) in [5.74, 6) is 1.46. The van der Waals surface area contributed by atoms with E-state index in [1.807, 2.05) is 17.7 Å². The second-order valence-electron chi connectivity index (χ2n) is 3.23. The number of pyridine rings is 1. The van der Waals surface area contributed by atoms with E-state index in [1.165, 1.54) is 0 Å². The fourth-order valence-corrected chi connectivity index (χ4v) is 1.23. The average Bonchev–Trinajstić information content (AvgIpc) is 2.72. The van der Waals surface area contributed by atoms with Crippen LogP contribution in [0.3, 0.4) is 0 Å². The molecule has 0 unspecified atom stereocenters. The van der Waals surface area contributed by atoms with E-state index < -0.39 is 0 Å². The molecule has 0 aliphatic rings. The van der Waals surface area contributed by atoms with Crippen LogP contribution in [-0.2, 0) is 13.6 Å². The molecule has 1 N–H and O–H groups in total. The lowest BCUT2D eigenvalue weighted by Crippen LogP contribution is -2.07. The molecule has 0 aliphatic carbocycles. The van der Waals surface area contributed by atoms with Crippen LogP contribution in [-0.4, -0.2) is 19.7 Å². The molecule has 0 bridgehead atoms. The molecule has 0 radical (unpaired) electrons. The minimum absolute atomic E-state index is 0.392. The monoisotopic (exact) mass is 214 g/mol. The zero-order valence-electron chi connectivity index (χ0n) is 8.75. The van der Waals surface area contributed by atoms with E-state index in [1.54, 1.807) is 24.5 Å². The zero-order valence-corrected chi connectivity index (χ0v) is 8.75. The van der Waals surface area contributed by atoms with E-state index in [4.69, 9.17) is 5.26 Å². The van der Waals surface area contributed by atoms with E-state index in [2.05, 4.69) is 20.5 Å². The maximum absolute atomic E-state index is 8.69. The number of rotatable bonds is 3. The Bertz CT molecular complexity index is 524. The molecule has 0 amide bonds. The van der Waals surface area contributed by atoms with Gasteiger partial charge in [0.1, 0.15) is 23.9 Å². The van der Waals surface area contributed by atoms with Crippen molar-refractivity contribution in [3.63, 3.8) is 0 Å². The predicted molar refractivity (Wildman–Crippen MR) is 57.3 cm³/mol. The van der Waals surface area contributed by atoms with Gasteiger partial charge >= 0.3 is 0 Å². The minimum Gasteiger partial charge on any atom is -0.363 e. The third kappa shape index (κ3) is 2.15. The van der Waals surface area contributed by atoms with Gasteiger partial charge in [0.25, 0.3) is 0 Å². The third-order valence-corrected chi connectivity index (χ3v) is 2.10. The lowest BCUT2D eigenvalue weighted by atomic mass is 10.3. The fraction of sp³-hybridized carbons (Fsp3) is 0.200. The summed E-state index contributed by atoms with van der Waals surface area (Å²) >= 11 is 0. The summed E-state index contributed by atoms with van der Waals surface area (Å²) in [7, 11) is 1.87. The lowest BCUT2D eigenvalue weighted by Gasteiger charge is -2.04. The first-order valence-electron chi connectivity index (χ1n) is 4.73. The SMILES string of the molecule is Cn1cnnc1CNc1cccc(C#N)n1. The van der Waals surface area contributed by atoms with E-state index in [0.717, 1.165) is 5.82 Å². The van der Waals surface area contributed by atoms with Crippen molar-refractivity contribution in [3.8, 4) is 6.07 Å². The van der Waals surface area contributed by atoms with Gasteiger partial charge in [0.2, 0.25) is 0 Å². The van der Waals surface area contributed by atoms with E-state index >= 15 is 0 Å². The molecule has 2 rings (SSSR count). The Morgan fingerprint density at radius 3 is 3.06 bits per heavy atom. The number of aromatic nitrogens is 4. The van der Waals surface area contributed by atoms with Gasteiger partial charge in [0.15, 0.2) is 5.82 Å². The van der Waals surface area contributed by atoms with Crippen LogP contribution in [0.1, 0.15) is 11.5 Å². The molecule has 80 valence electrons. The van der Waals surface area contributed by atoms with Crippen molar-refractivity contribution in [3.05, 3.63) is 36.0 Å². The van der Waals surface area contributed by atoms with Crippen LogP contribution < -0.4 is 5.32 Å².